The van der Waals surface area contributed by atoms with Gasteiger partial charge in [-0.3, -0.25) is 4.79 Å². The van der Waals surface area contributed by atoms with Crippen LogP contribution in [0.3, 0.4) is 0 Å². The minimum atomic E-state index is 0.0773. The van der Waals surface area contributed by atoms with Crippen LogP contribution in [0, 0.1) is 5.92 Å². The number of aromatic nitrogens is 1. The van der Waals surface area contributed by atoms with Crippen LogP contribution in [0.4, 0.5) is 0 Å². The van der Waals surface area contributed by atoms with Gasteiger partial charge in [0, 0.05) is 35.7 Å². The molecule has 4 nitrogen and oxygen atoms in total. The molecule has 0 saturated carbocycles. The fraction of sp³-hybridized carbons (Fsp3) is 0.591. The average Bonchev–Trinajstić information content (AvgIpc) is 3.06. The van der Waals surface area contributed by atoms with Crippen molar-refractivity contribution in [2.45, 2.75) is 58.0 Å². The van der Waals surface area contributed by atoms with E-state index in [0.29, 0.717) is 18.0 Å². The van der Waals surface area contributed by atoms with E-state index in [1.54, 1.807) is 0 Å². The van der Waals surface area contributed by atoms with Crippen LogP contribution in [0.15, 0.2) is 30.5 Å². The summed E-state index contributed by atoms with van der Waals surface area (Å²) in [5.74, 6) is 0.681. The molecule has 4 rings (SSSR count). The molecule has 2 aliphatic heterocycles. The maximum atomic E-state index is 13.0. The van der Waals surface area contributed by atoms with Crippen molar-refractivity contribution in [3.8, 4) is 0 Å². The SMILES string of the molecule is CC(C)n1cc(C(=O)NC[C@@H]2CCCN3CCCC[C@H]23)c2ccccc21. The van der Waals surface area contributed by atoms with Gasteiger partial charge in [-0.05, 0) is 64.6 Å². The molecule has 1 aromatic heterocycles. The summed E-state index contributed by atoms with van der Waals surface area (Å²) in [4.78, 5) is 15.6. The molecular formula is C22H31N3O. The standard InChI is InChI=1S/C22H31N3O/c1-16(2)25-15-19(18-9-3-4-11-21(18)25)22(26)23-14-17-8-7-13-24-12-6-5-10-20(17)24/h3-4,9,11,15-17,20H,5-8,10,12-14H2,1-2H3,(H,23,26)/t17-,20+/m0/s1. The van der Waals surface area contributed by atoms with Crippen molar-refractivity contribution >= 4 is 16.8 Å². The lowest BCUT2D eigenvalue weighted by molar-refractivity contribution is 0.0576. The lowest BCUT2D eigenvalue weighted by Crippen LogP contribution is -2.51. The molecule has 2 saturated heterocycles. The number of nitrogens with one attached hydrogen (secondary N) is 1. The molecule has 4 heteroatoms. The van der Waals surface area contributed by atoms with Crippen molar-refractivity contribution < 1.29 is 4.79 Å². The molecule has 1 N–H and O–H groups in total. The topological polar surface area (TPSA) is 37.3 Å². The van der Waals surface area contributed by atoms with Crippen LogP contribution in [0.25, 0.3) is 10.9 Å². The first-order valence-electron chi connectivity index (χ1n) is 10.3. The quantitative estimate of drug-likeness (QED) is 0.894. The van der Waals surface area contributed by atoms with Crippen LogP contribution in [-0.2, 0) is 0 Å². The van der Waals surface area contributed by atoms with Crippen LogP contribution in [0.2, 0.25) is 0 Å². The summed E-state index contributed by atoms with van der Waals surface area (Å²) in [6, 6.07) is 9.25. The summed E-state index contributed by atoms with van der Waals surface area (Å²) in [5, 5.41) is 4.32. The van der Waals surface area contributed by atoms with Gasteiger partial charge in [0.05, 0.1) is 5.56 Å². The first kappa shape index (κ1) is 17.6. The number of hydrogen-bond donors (Lipinski definition) is 1. The number of para-hydroxylation sites is 1. The van der Waals surface area contributed by atoms with E-state index in [-0.39, 0.29) is 5.91 Å². The second kappa shape index (κ2) is 7.43. The molecule has 0 aliphatic carbocycles. The number of fused-ring (bicyclic) bond motifs is 2. The number of hydrogen-bond acceptors (Lipinski definition) is 2. The van der Waals surface area contributed by atoms with Crippen molar-refractivity contribution in [2.75, 3.05) is 19.6 Å². The van der Waals surface area contributed by atoms with E-state index in [2.05, 4.69) is 40.8 Å². The zero-order chi connectivity index (χ0) is 18.1. The Morgan fingerprint density at radius 3 is 2.81 bits per heavy atom. The smallest absolute Gasteiger partial charge is 0.253 e. The third-order valence-electron chi connectivity index (χ3n) is 6.29. The van der Waals surface area contributed by atoms with Crippen molar-refractivity contribution in [3.63, 3.8) is 0 Å². The number of amides is 1. The fourth-order valence-corrected chi connectivity index (χ4v) is 4.95. The van der Waals surface area contributed by atoms with Crippen molar-refractivity contribution in [1.82, 2.24) is 14.8 Å². The first-order chi connectivity index (χ1) is 12.6. The van der Waals surface area contributed by atoms with Crippen LogP contribution in [0.5, 0.6) is 0 Å². The Balaban J connectivity index is 1.49. The monoisotopic (exact) mass is 353 g/mol. The summed E-state index contributed by atoms with van der Waals surface area (Å²) < 4.78 is 2.20. The Bertz CT molecular complexity index is 777. The first-order valence-corrected chi connectivity index (χ1v) is 10.3. The van der Waals surface area contributed by atoms with Crippen LogP contribution < -0.4 is 5.32 Å². The molecule has 2 aliphatic rings. The minimum absolute atomic E-state index is 0.0773. The lowest BCUT2D eigenvalue weighted by atomic mass is 9.83. The number of piperidine rings is 2. The van der Waals surface area contributed by atoms with Gasteiger partial charge < -0.3 is 14.8 Å². The Kier molecular flexibility index (Phi) is 5.03. The zero-order valence-electron chi connectivity index (χ0n) is 16.1. The molecule has 0 unspecified atom stereocenters. The summed E-state index contributed by atoms with van der Waals surface area (Å²) >= 11 is 0. The molecule has 0 spiro atoms. The summed E-state index contributed by atoms with van der Waals surface area (Å²) in [6.45, 7) is 7.62. The molecule has 2 aromatic rings. The fourth-order valence-electron chi connectivity index (χ4n) is 4.95. The van der Waals surface area contributed by atoms with E-state index < -0.39 is 0 Å². The van der Waals surface area contributed by atoms with E-state index in [4.69, 9.17) is 0 Å². The highest BCUT2D eigenvalue weighted by atomic mass is 16.1. The zero-order valence-corrected chi connectivity index (χ0v) is 16.1. The lowest BCUT2D eigenvalue weighted by Gasteiger charge is -2.44. The molecule has 0 radical (unpaired) electrons. The molecule has 2 atom stereocenters. The van der Waals surface area contributed by atoms with Gasteiger partial charge in [-0.25, -0.2) is 0 Å². The van der Waals surface area contributed by atoms with E-state index in [9.17, 15) is 4.79 Å². The van der Waals surface area contributed by atoms with Crippen LogP contribution >= 0.6 is 0 Å². The predicted octanol–water partition coefficient (Wildman–Crippen LogP) is 4.22. The summed E-state index contributed by atoms with van der Waals surface area (Å²) in [5.41, 5.74) is 1.95. The highest BCUT2D eigenvalue weighted by molar-refractivity contribution is 6.07. The number of rotatable bonds is 4. The van der Waals surface area contributed by atoms with E-state index in [0.717, 1.165) is 23.0 Å². The van der Waals surface area contributed by atoms with Gasteiger partial charge in [-0.1, -0.05) is 24.6 Å². The van der Waals surface area contributed by atoms with Crippen LogP contribution in [0.1, 0.15) is 62.4 Å². The van der Waals surface area contributed by atoms with Gasteiger partial charge in [0.15, 0.2) is 0 Å². The molecule has 26 heavy (non-hydrogen) atoms. The highest BCUT2D eigenvalue weighted by Gasteiger charge is 2.33. The summed E-state index contributed by atoms with van der Waals surface area (Å²) in [6.07, 6.45) is 8.52. The van der Waals surface area contributed by atoms with Crippen LogP contribution in [-0.4, -0.2) is 41.1 Å². The second-order valence-corrected chi connectivity index (χ2v) is 8.27. The third-order valence-corrected chi connectivity index (χ3v) is 6.29. The highest BCUT2D eigenvalue weighted by Crippen LogP contribution is 2.31. The van der Waals surface area contributed by atoms with E-state index in [1.165, 1.54) is 45.2 Å². The molecule has 1 aromatic carbocycles. The molecule has 2 fully saturated rings. The van der Waals surface area contributed by atoms with Gasteiger partial charge in [-0.2, -0.15) is 0 Å². The van der Waals surface area contributed by atoms with Gasteiger partial charge in [0.25, 0.3) is 5.91 Å². The summed E-state index contributed by atoms with van der Waals surface area (Å²) in [7, 11) is 0. The number of nitrogens with zero attached hydrogens (tertiary/aromatic N) is 2. The molecule has 140 valence electrons. The normalized spacial score (nSPS) is 24.0. The largest absolute Gasteiger partial charge is 0.352 e. The Morgan fingerprint density at radius 1 is 1.15 bits per heavy atom. The molecule has 3 heterocycles. The van der Waals surface area contributed by atoms with E-state index >= 15 is 0 Å². The van der Waals surface area contributed by atoms with Gasteiger partial charge in [0.1, 0.15) is 0 Å². The average molecular weight is 354 g/mol. The Morgan fingerprint density at radius 2 is 1.96 bits per heavy atom. The van der Waals surface area contributed by atoms with Crippen molar-refractivity contribution in [3.05, 3.63) is 36.0 Å². The second-order valence-electron chi connectivity index (χ2n) is 8.27. The Labute approximate surface area is 156 Å². The maximum Gasteiger partial charge on any atom is 0.253 e. The van der Waals surface area contributed by atoms with Gasteiger partial charge in [0.2, 0.25) is 0 Å². The van der Waals surface area contributed by atoms with Gasteiger partial charge in [-0.15, -0.1) is 0 Å². The Hall–Kier alpha value is -1.81. The third kappa shape index (κ3) is 3.27. The number of carbonyl (C=O) groups excluding carboxylic acids is 1. The number of carbonyl (C=O) groups is 1. The predicted molar refractivity (Wildman–Crippen MR) is 107 cm³/mol. The molecule has 0 bridgehead atoms. The van der Waals surface area contributed by atoms with Gasteiger partial charge >= 0.3 is 0 Å². The number of benzene rings is 1. The van der Waals surface area contributed by atoms with Crippen molar-refractivity contribution in [2.24, 2.45) is 5.92 Å². The molecular weight excluding hydrogens is 322 g/mol. The van der Waals surface area contributed by atoms with Crippen molar-refractivity contribution in [1.29, 1.82) is 0 Å². The van der Waals surface area contributed by atoms with E-state index in [1.807, 2.05) is 18.3 Å². The minimum Gasteiger partial charge on any atom is -0.352 e. The molecule has 1 amide bonds. The maximum absolute atomic E-state index is 13.0.